The Hall–Kier alpha value is -3.02. The highest BCUT2D eigenvalue weighted by molar-refractivity contribution is 6.04. The molecule has 3 rings (SSSR count). The first-order valence-electron chi connectivity index (χ1n) is 7.41. The van der Waals surface area contributed by atoms with E-state index in [-0.39, 0.29) is 17.2 Å². The molecule has 0 saturated carbocycles. The van der Waals surface area contributed by atoms with Crippen LogP contribution in [0.2, 0.25) is 0 Å². The van der Waals surface area contributed by atoms with Gasteiger partial charge in [0.15, 0.2) is 5.69 Å². The number of amides is 1. The number of fused-ring (bicyclic) bond motifs is 1. The van der Waals surface area contributed by atoms with Crippen LogP contribution in [0.4, 0.5) is 0 Å². The van der Waals surface area contributed by atoms with Crippen LogP contribution in [0, 0.1) is 0 Å². The van der Waals surface area contributed by atoms with E-state index in [0.717, 1.165) is 18.5 Å². The molecule has 2 aromatic heterocycles. The molecule has 0 bridgehead atoms. The van der Waals surface area contributed by atoms with Gasteiger partial charge in [-0.1, -0.05) is 24.3 Å². The molecule has 6 nitrogen and oxygen atoms in total. The van der Waals surface area contributed by atoms with E-state index in [2.05, 4.69) is 20.5 Å². The van der Waals surface area contributed by atoms with Crippen LogP contribution in [0.3, 0.4) is 0 Å². The number of carbonyl (C=O) groups excluding carboxylic acids is 1. The summed E-state index contributed by atoms with van der Waals surface area (Å²) in [6.45, 7) is 0.518. The fraction of sp³-hybridized carbons (Fsp3) is 0.176. The zero-order chi connectivity index (χ0) is 16.1. The van der Waals surface area contributed by atoms with Crippen molar-refractivity contribution in [2.24, 2.45) is 0 Å². The molecule has 0 unspecified atom stereocenters. The molecular formula is C17H16N4O2. The van der Waals surface area contributed by atoms with Gasteiger partial charge in [0.05, 0.1) is 5.39 Å². The Morgan fingerprint density at radius 3 is 2.65 bits per heavy atom. The van der Waals surface area contributed by atoms with Gasteiger partial charge in [0.2, 0.25) is 0 Å². The largest absolute Gasteiger partial charge is 0.351 e. The van der Waals surface area contributed by atoms with E-state index >= 15 is 0 Å². The lowest BCUT2D eigenvalue weighted by Gasteiger charge is -2.06. The summed E-state index contributed by atoms with van der Waals surface area (Å²) in [5.41, 5.74) is 0.930. The molecule has 0 aliphatic heterocycles. The zero-order valence-corrected chi connectivity index (χ0v) is 12.5. The quantitative estimate of drug-likeness (QED) is 0.702. The van der Waals surface area contributed by atoms with E-state index in [0.29, 0.717) is 17.3 Å². The highest BCUT2D eigenvalue weighted by Crippen LogP contribution is 2.12. The first kappa shape index (κ1) is 14.9. The first-order valence-corrected chi connectivity index (χ1v) is 7.41. The lowest BCUT2D eigenvalue weighted by molar-refractivity contribution is 0.0949. The highest BCUT2D eigenvalue weighted by Gasteiger charge is 2.13. The van der Waals surface area contributed by atoms with Crippen LogP contribution in [-0.2, 0) is 6.42 Å². The fourth-order valence-electron chi connectivity index (χ4n) is 2.39. The number of carbonyl (C=O) groups is 1. The van der Waals surface area contributed by atoms with Crippen molar-refractivity contribution in [3.63, 3.8) is 0 Å². The van der Waals surface area contributed by atoms with Crippen molar-refractivity contribution in [2.45, 2.75) is 12.8 Å². The summed E-state index contributed by atoms with van der Waals surface area (Å²) in [7, 11) is 0. The van der Waals surface area contributed by atoms with Gasteiger partial charge in [-0.3, -0.25) is 14.6 Å². The predicted molar refractivity (Wildman–Crippen MR) is 87.3 cm³/mol. The lowest BCUT2D eigenvalue weighted by Crippen LogP contribution is -2.27. The standard InChI is InChI=1S/C17H16N4O2/c22-16-14-9-2-1-8-13(14)15(20-21-16)17(23)19-11-5-7-12-6-3-4-10-18-12/h1-4,6,8-10H,5,7,11H2,(H,19,23)(H,21,22). The number of H-pyrrole nitrogens is 1. The summed E-state index contributed by atoms with van der Waals surface area (Å²) in [5.74, 6) is -0.293. The summed E-state index contributed by atoms with van der Waals surface area (Å²) in [6.07, 6.45) is 3.33. The summed E-state index contributed by atoms with van der Waals surface area (Å²) in [6, 6.07) is 12.7. The maximum atomic E-state index is 12.3. The van der Waals surface area contributed by atoms with Crippen molar-refractivity contribution in [3.8, 4) is 0 Å². The fourth-order valence-corrected chi connectivity index (χ4v) is 2.39. The molecule has 0 fully saturated rings. The molecule has 2 N–H and O–H groups in total. The van der Waals surface area contributed by atoms with Gasteiger partial charge in [0.25, 0.3) is 11.5 Å². The van der Waals surface area contributed by atoms with Gasteiger partial charge in [-0.25, -0.2) is 5.10 Å². The summed E-state index contributed by atoms with van der Waals surface area (Å²) in [4.78, 5) is 28.2. The van der Waals surface area contributed by atoms with Crippen molar-refractivity contribution in [1.29, 1.82) is 0 Å². The number of hydrogen-bond donors (Lipinski definition) is 2. The van der Waals surface area contributed by atoms with E-state index in [1.54, 1.807) is 30.5 Å². The molecule has 1 aromatic carbocycles. The molecule has 23 heavy (non-hydrogen) atoms. The third kappa shape index (κ3) is 3.42. The molecule has 116 valence electrons. The van der Waals surface area contributed by atoms with Crippen molar-refractivity contribution < 1.29 is 4.79 Å². The molecule has 0 spiro atoms. The third-order valence-corrected chi connectivity index (χ3v) is 3.53. The Bertz CT molecular complexity index is 874. The Balaban J connectivity index is 1.65. The van der Waals surface area contributed by atoms with Crippen LogP contribution < -0.4 is 10.9 Å². The minimum atomic E-state index is -0.299. The summed E-state index contributed by atoms with van der Waals surface area (Å²) >= 11 is 0. The molecule has 0 aliphatic rings. The van der Waals surface area contributed by atoms with Crippen LogP contribution in [0.15, 0.2) is 53.5 Å². The monoisotopic (exact) mass is 308 g/mol. The van der Waals surface area contributed by atoms with Crippen molar-refractivity contribution in [3.05, 3.63) is 70.4 Å². The minimum absolute atomic E-state index is 0.234. The Morgan fingerprint density at radius 2 is 1.87 bits per heavy atom. The van der Waals surface area contributed by atoms with Crippen LogP contribution in [0.1, 0.15) is 22.6 Å². The molecule has 0 aliphatic carbocycles. The number of benzene rings is 1. The molecule has 1 amide bonds. The van der Waals surface area contributed by atoms with Gasteiger partial charge in [-0.15, -0.1) is 0 Å². The number of aryl methyl sites for hydroxylation is 1. The number of aromatic nitrogens is 3. The third-order valence-electron chi connectivity index (χ3n) is 3.53. The van der Waals surface area contributed by atoms with E-state index in [1.807, 2.05) is 18.2 Å². The van der Waals surface area contributed by atoms with Crippen LogP contribution in [0.5, 0.6) is 0 Å². The minimum Gasteiger partial charge on any atom is -0.351 e. The molecule has 0 radical (unpaired) electrons. The van der Waals surface area contributed by atoms with E-state index in [4.69, 9.17) is 0 Å². The molecule has 0 saturated heterocycles. The van der Waals surface area contributed by atoms with Crippen LogP contribution in [0.25, 0.3) is 10.8 Å². The van der Waals surface area contributed by atoms with E-state index in [9.17, 15) is 9.59 Å². The van der Waals surface area contributed by atoms with Gasteiger partial charge in [-0.2, -0.15) is 5.10 Å². The second-order valence-corrected chi connectivity index (χ2v) is 5.13. The Labute approximate surface area is 132 Å². The van der Waals surface area contributed by atoms with Gasteiger partial charge in [0, 0.05) is 23.8 Å². The summed E-state index contributed by atoms with van der Waals surface area (Å²) < 4.78 is 0. The molecule has 2 heterocycles. The number of aromatic amines is 1. The predicted octanol–water partition coefficient (Wildman–Crippen LogP) is 1.68. The Kier molecular flexibility index (Phi) is 4.42. The van der Waals surface area contributed by atoms with E-state index < -0.39 is 0 Å². The van der Waals surface area contributed by atoms with Crippen molar-refractivity contribution >= 4 is 16.7 Å². The van der Waals surface area contributed by atoms with Crippen molar-refractivity contribution in [1.82, 2.24) is 20.5 Å². The second-order valence-electron chi connectivity index (χ2n) is 5.13. The molecule has 3 aromatic rings. The second kappa shape index (κ2) is 6.83. The average Bonchev–Trinajstić information content (AvgIpc) is 2.60. The number of nitrogens with one attached hydrogen (secondary N) is 2. The number of rotatable bonds is 5. The smallest absolute Gasteiger partial charge is 0.272 e. The maximum Gasteiger partial charge on any atom is 0.272 e. The summed E-state index contributed by atoms with van der Waals surface area (Å²) in [5, 5.41) is 10.1. The number of nitrogens with zero attached hydrogens (tertiary/aromatic N) is 2. The zero-order valence-electron chi connectivity index (χ0n) is 12.5. The number of pyridine rings is 1. The lowest BCUT2D eigenvalue weighted by atomic mass is 10.1. The first-order chi connectivity index (χ1) is 11.3. The molecule has 0 atom stereocenters. The van der Waals surface area contributed by atoms with Gasteiger partial charge < -0.3 is 5.32 Å². The van der Waals surface area contributed by atoms with Gasteiger partial charge >= 0.3 is 0 Å². The number of hydrogen-bond acceptors (Lipinski definition) is 4. The normalized spacial score (nSPS) is 10.6. The van der Waals surface area contributed by atoms with Crippen LogP contribution >= 0.6 is 0 Å². The highest BCUT2D eigenvalue weighted by atomic mass is 16.2. The van der Waals surface area contributed by atoms with E-state index in [1.165, 1.54) is 0 Å². The van der Waals surface area contributed by atoms with Crippen molar-refractivity contribution in [2.75, 3.05) is 6.54 Å². The SMILES string of the molecule is O=C(NCCCc1ccccn1)c1n[nH]c(=O)c2ccccc12. The molecular weight excluding hydrogens is 292 g/mol. The Morgan fingerprint density at radius 1 is 1.09 bits per heavy atom. The van der Waals surface area contributed by atoms with Crippen LogP contribution in [-0.4, -0.2) is 27.6 Å². The maximum absolute atomic E-state index is 12.3. The average molecular weight is 308 g/mol. The molecule has 6 heteroatoms. The topological polar surface area (TPSA) is 87.7 Å². The van der Waals surface area contributed by atoms with Gasteiger partial charge in [0.1, 0.15) is 0 Å². The van der Waals surface area contributed by atoms with Gasteiger partial charge in [-0.05, 0) is 31.0 Å².